The highest BCUT2D eigenvalue weighted by molar-refractivity contribution is 6.32. The molecule has 10 heteroatoms. The van der Waals surface area contributed by atoms with Gasteiger partial charge in [0.2, 0.25) is 0 Å². The molecule has 0 spiro atoms. The van der Waals surface area contributed by atoms with Crippen molar-refractivity contribution in [2.45, 2.75) is 13.0 Å². The Balaban J connectivity index is 2.01. The molecule has 1 heterocycles. The Morgan fingerprint density at radius 1 is 1.36 bits per heavy atom. The van der Waals surface area contributed by atoms with Crippen molar-refractivity contribution in [1.82, 2.24) is 15.3 Å². The van der Waals surface area contributed by atoms with Crippen LogP contribution in [0.3, 0.4) is 0 Å². The van der Waals surface area contributed by atoms with Crippen LogP contribution in [0.4, 0.5) is 5.69 Å². The molecule has 25 heavy (non-hydrogen) atoms. The van der Waals surface area contributed by atoms with E-state index >= 15 is 0 Å². The smallest absolute Gasteiger partial charge is 0.326 e. The topological polar surface area (TPSA) is 139 Å². The molecule has 0 aliphatic heterocycles. The lowest BCUT2D eigenvalue weighted by atomic mass is 10.3. The number of methoxy groups -OCH3 is 1. The SMILES string of the molecule is COc1cc(OC[C@@H](C)NC(=O)c2[nH]c(=O)[nH]c(=O)c2N)ccc1Cl. The zero-order valence-electron chi connectivity index (χ0n) is 13.5. The average molecular weight is 369 g/mol. The Kier molecular flexibility index (Phi) is 5.71. The molecule has 0 aliphatic rings. The molecule has 1 aromatic carbocycles. The molecule has 1 atom stereocenters. The van der Waals surface area contributed by atoms with Crippen LogP contribution < -0.4 is 31.8 Å². The number of halogens is 1. The first-order chi connectivity index (χ1) is 11.8. The summed E-state index contributed by atoms with van der Waals surface area (Å²) in [6.45, 7) is 1.82. The number of H-pyrrole nitrogens is 2. The monoisotopic (exact) mass is 368 g/mol. The van der Waals surface area contributed by atoms with E-state index in [2.05, 4.69) is 10.3 Å². The first-order valence-electron chi connectivity index (χ1n) is 7.21. The van der Waals surface area contributed by atoms with Gasteiger partial charge in [-0.2, -0.15) is 0 Å². The van der Waals surface area contributed by atoms with E-state index in [1.165, 1.54) is 7.11 Å². The lowest BCUT2D eigenvalue weighted by Crippen LogP contribution is -2.40. The van der Waals surface area contributed by atoms with Crippen LogP contribution in [0.2, 0.25) is 5.02 Å². The number of hydrogen-bond donors (Lipinski definition) is 4. The summed E-state index contributed by atoms with van der Waals surface area (Å²) < 4.78 is 10.6. The predicted molar refractivity (Wildman–Crippen MR) is 92.5 cm³/mol. The number of nitrogen functional groups attached to an aromatic ring is 1. The largest absolute Gasteiger partial charge is 0.495 e. The summed E-state index contributed by atoms with van der Waals surface area (Å²) in [7, 11) is 1.49. The number of aromatic nitrogens is 2. The zero-order chi connectivity index (χ0) is 18.6. The van der Waals surface area contributed by atoms with Gasteiger partial charge in [0.1, 0.15) is 29.5 Å². The van der Waals surface area contributed by atoms with Gasteiger partial charge in [0, 0.05) is 6.07 Å². The van der Waals surface area contributed by atoms with Crippen LogP contribution >= 0.6 is 11.6 Å². The van der Waals surface area contributed by atoms with Crippen LogP contribution in [0.15, 0.2) is 27.8 Å². The van der Waals surface area contributed by atoms with Crippen molar-refractivity contribution in [2.24, 2.45) is 0 Å². The van der Waals surface area contributed by atoms with Crippen molar-refractivity contribution in [1.29, 1.82) is 0 Å². The molecule has 0 unspecified atom stereocenters. The fourth-order valence-corrected chi connectivity index (χ4v) is 2.16. The molecule has 134 valence electrons. The van der Waals surface area contributed by atoms with Gasteiger partial charge in [0.25, 0.3) is 11.5 Å². The summed E-state index contributed by atoms with van der Waals surface area (Å²) in [5.74, 6) is 0.279. The predicted octanol–water partition coefficient (Wildman–Crippen LogP) is 0.505. The number of carbonyl (C=O) groups is 1. The fraction of sp³-hybridized carbons (Fsp3) is 0.267. The average Bonchev–Trinajstić information content (AvgIpc) is 2.57. The molecule has 0 fully saturated rings. The lowest BCUT2D eigenvalue weighted by molar-refractivity contribution is 0.0922. The van der Waals surface area contributed by atoms with Crippen molar-refractivity contribution in [3.8, 4) is 11.5 Å². The number of nitrogens with one attached hydrogen (secondary N) is 3. The minimum Gasteiger partial charge on any atom is -0.495 e. The van der Waals surface area contributed by atoms with Crippen molar-refractivity contribution < 1.29 is 14.3 Å². The van der Waals surface area contributed by atoms with Crippen LogP contribution in [-0.2, 0) is 0 Å². The molecule has 9 nitrogen and oxygen atoms in total. The Bertz CT molecular complexity index is 892. The van der Waals surface area contributed by atoms with Gasteiger partial charge in [0.15, 0.2) is 0 Å². The third-order valence-electron chi connectivity index (χ3n) is 3.21. The van der Waals surface area contributed by atoms with E-state index in [1.807, 2.05) is 4.98 Å². The van der Waals surface area contributed by atoms with Crippen LogP contribution in [0, 0.1) is 0 Å². The Hall–Kier alpha value is -2.94. The van der Waals surface area contributed by atoms with E-state index in [-0.39, 0.29) is 18.0 Å². The lowest BCUT2D eigenvalue weighted by Gasteiger charge is -2.16. The molecule has 2 aromatic rings. The standard InChI is InChI=1S/C15H17ClN4O5/c1-7(6-25-8-3-4-9(16)10(5-8)24-2)18-14(22)12-11(17)13(21)20-15(23)19-12/h3-5,7H,6,17H2,1-2H3,(H,18,22)(H2,19,20,21,23)/t7-/m1/s1. The Labute approximate surface area is 147 Å². The number of carbonyl (C=O) groups excluding carboxylic acids is 1. The highest BCUT2D eigenvalue weighted by Crippen LogP contribution is 2.28. The van der Waals surface area contributed by atoms with Gasteiger partial charge in [-0.15, -0.1) is 0 Å². The maximum atomic E-state index is 12.1. The molecule has 0 saturated heterocycles. The van der Waals surface area contributed by atoms with Gasteiger partial charge in [-0.1, -0.05) is 11.6 Å². The number of ether oxygens (including phenoxy) is 2. The molecule has 1 aromatic heterocycles. The molecule has 0 radical (unpaired) electrons. The minimum atomic E-state index is -0.828. The van der Waals surface area contributed by atoms with Crippen molar-refractivity contribution >= 4 is 23.2 Å². The van der Waals surface area contributed by atoms with E-state index < -0.39 is 23.2 Å². The second kappa shape index (κ2) is 7.75. The molecule has 0 saturated carbocycles. The number of aromatic amines is 2. The Morgan fingerprint density at radius 3 is 2.76 bits per heavy atom. The molecular weight excluding hydrogens is 352 g/mol. The maximum Gasteiger partial charge on any atom is 0.326 e. The van der Waals surface area contributed by atoms with Crippen molar-refractivity contribution in [3.05, 3.63) is 49.8 Å². The summed E-state index contributed by atoms with van der Waals surface area (Å²) in [4.78, 5) is 38.9. The first kappa shape index (κ1) is 18.4. The number of nitrogens with two attached hydrogens (primary N) is 1. The van der Waals surface area contributed by atoms with Crippen LogP contribution in [0.5, 0.6) is 11.5 Å². The molecule has 2 rings (SSSR count). The number of hydrogen-bond acceptors (Lipinski definition) is 6. The summed E-state index contributed by atoms with van der Waals surface area (Å²) in [5.41, 5.74) is 3.20. The molecule has 5 N–H and O–H groups in total. The van der Waals surface area contributed by atoms with E-state index in [9.17, 15) is 14.4 Å². The second-order valence-electron chi connectivity index (χ2n) is 5.18. The van der Waals surface area contributed by atoms with E-state index in [0.717, 1.165) is 0 Å². The summed E-state index contributed by atoms with van der Waals surface area (Å²) in [6.07, 6.45) is 0. The normalized spacial score (nSPS) is 11.6. The quantitative estimate of drug-likeness (QED) is 0.585. The van der Waals surface area contributed by atoms with Gasteiger partial charge >= 0.3 is 5.69 Å². The van der Waals surface area contributed by atoms with Gasteiger partial charge < -0.3 is 25.5 Å². The number of benzene rings is 1. The van der Waals surface area contributed by atoms with E-state index in [1.54, 1.807) is 25.1 Å². The third-order valence-corrected chi connectivity index (χ3v) is 3.52. The summed E-state index contributed by atoms with van der Waals surface area (Å²) >= 11 is 5.93. The molecular formula is C15H17ClN4O5. The molecule has 1 amide bonds. The Morgan fingerprint density at radius 2 is 2.08 bits per heavy atom. The fourth-order valence-electron chi connectivity index (χ4n) is 1.96. The third kappa shape index (κ3) is 4.54. The van der Waals surface area contributed by atoms with Gasteiger partial charge in [-0.05, 0) is 19.1 Å². The van der Waals surface area contributed by atoms with E-state index in [0.29, 0.717) is 16.5 Å². The number of rotatable bonds is 6. The zero-order valence-corrected chi connectivity index (χ0v) is 14.3. The molecule has 0 aliphatic carbocycles. The van der Waals surface area contributed by atoms with Crippen molar-refractivity contribution in [3.63, 3.8) is 0 Å². The number of anilines is 1. The highest BCUT2D eigenvalue weighted by atomic mass is 35.5. The highest BCUT2D eigenvalue weighted by Gasteiger charge is 2.16. The second-order valence-corrected chi connectivity index (χ2v) is 5.59. The minimum absolute atomic E-state index is 0.129. The van der Waals surface area contributed by atoms with Crippen LogP contribution in [0.25, 0.3) is 0 Å². The first-order valence-corrected chi connectivity index (χ1v) is 7.59. The van der Waals surface area contributed by atoms with Gasteiger partial charge in [0.05, 0.1) is 18.2 Å². The molecule has 0 bridgehead atoms. The van der Waals surface area contributed by atoms with Crippen molar-refractivity contribution in [2.75, 3.05) is 19.5 Å². The summed E-state index contributed by atoms with van der Waals surface area (Å²) in [5, 5.41) is 3.03. The maximum absolute atomic E-state index is 12.1. The summed E-state index contributed by atoms with van der Waals surface area (Å²) in [6, 6.07) is 4.46. The number of amides is 1. The van der Waals surface area contributed by atoms with Gasteiger partial charge in [-0.25, -0.2) is 4.79 Å². The van der Waals surface area contributed by atoms with Crippen LogP contribution in [0.1, 0.15) is 17.4 Å². The van der Waals surface area contributed by atoms with Crippen LogP contribution in [-0.4, -0.2) is 35.6 Å². The van der Waals surface area contributed by atoms with Gasteiger partial charge in [-0.3, -0.25) is 14.6 Å². The van der Waals surface area contributed by atoms with E-state index in [4.69, 9.17) is 26.8 Å².